The molecule has 1 unspecified atom stereocenters. The molecule has 3 N–H and O–H groups in total. The normalized spacial score (nSPS) is 29.1. The minimum absolute atomic E-state index is 0.0802. The quantitative estimate of drug-likeness (QED) is 0.669. The van der Waals surface area contributed by atoms with Crippen molar-refractivity contribution >= 4 is 12.0 Å². The van der Waals surface area contributed by atoms with Crippen LogP contribution in [0.15, 0.2) is 0 Å². The Hall–Kier alpha value is -1.30. The number of aliphatic carboxylic acids is 1. The number of hydrogen-bond donors (Lipinski definition) is 3. The van der Waals surface area contributed by atoms with Crippen LogP contribution in [0.25, 0.3) is 0 Å². The summed E-state index contributed by atoms with van der Waals surface area (Å²) in [6, 6.07) is 0.354. The lowest BCUT2D eigenvalue weighted by Crippen LogP contribution is -2.56. The molecule has 0 aromatic rings. The fourth-order valence-electron chi connectivity index (χ4n) is 3.91. The van der Waals surface area contributed by atoms with Crippen molar-refractivity contribution in [2.45, 2.75) is 65.0 Å². The summed E-state index contributed by atoms with van der Waals surface area (Å²) in [4.78, 5) is 24.8. The highest BCUT2D eigenvalue weighted by Gasteiger charge is 2.36. The molecule has 6 heteroatoms. The molecule has 0 aromatic carbocycles. The van der Waals surface area contributed by atoms with Crippen LogP contribution in [0.2, 0.25) is 0 Å². The third kappa shape index (κ3) is 4.83. The van der Waals surface area contributed by atoms with Gasteiger partial charge in [-0.15, -0.1) is 0 Å². The molecule has 0 heterocycles. The SMILES string of the molecule is CCN(CC(=O)O)C1CC(NC(=O)NCC2CCCC2(C)C)C1. The topological polar surface area (TPSA) is 81.7 Å². The van der Waals surface area contributed by atoms with Crippen molar-refractivity contribution < 1.29 is 14.7 Å². The summed E-state index contributed by atoms with van der Waals surface area (Å²) in [5, 5.41) is 14.9. The number of hydrogen-bond acceptors (Lipinski definition) is 3. The molecule has 0 saturated heterocycles. The minimum Gasteiger partial charge on any atom is -0.480 e. The number of amides is 2. The Labute approximate surface area is 139 Å². The molecule has 1 atom stereocenters. The Morgan fingerprint density at radius 1 is 1.30 bits per heavy atom. The van der Waals surface area contributed by atoms with E-state index in [0.29, 0.717) is 11.3 Å². The predicted octanol–water partition coefficient (Wildman–Crippen LogP) is 2.05. The molecule has 132 valence electrons. The van der Waals surface area contributed by atoms with Gasteiger partial charge >= 0.3 is 12.0 Å². The van der Waals surface area contributed by atoms with E-state index in [1.165, 1.54) is 19.3 Å². The van der Waals surface area contributed by atoms with Crippen LogP contribution in [0, 0.1) is 11.3 Å². The van der Waals surface area contributed by atoms with Crippen LogP contribution in [0.4, 0.5) is 4.79 Å². The van der Waals surface area contributed by atoms with E-state index in [1.54, 1.807) is 0 Å². The Morgan fingerprint density at radius 2 is 2.00 bits per heavy atom. The second kappa shape index (κ2) is 7.51. The number of carboxylic acid groups (broad SMARTS) is 1. The van der Waals surface area contributed by atoms with Gasteiger partial charge in [-0.1, -0.05) is 27.2 Å². The van der Waals surface area contributed by atoms with Gasteiger partial charge in [0.25, 0.3) is 0 Å². The molecule has 2 rings (SSSR count). The maximum Gasteiger partial charge on any atom is 0.317 e. The fourth-order valence-corrected chi connectivity index (χ4v) is 3.91. The summed E-state index contributed by atoms with van der Waals surface area (Å²) in [6.07, 6.45) is 5.36. The van der Waals surface area contributed by atoms with Gasteiger partial charge < -0.3 is 15.7 Å². The first-order valence-corrected chi connectivity index (χ1v) is 8.82. The number of nitrogens with one attached hydrogen (secondary N) is 2. The average molecular weight is 325 g/mol. The van der Waals surface area contributed by atoms with E-state index in [4.69, 9.17) is 5.11 Å². The van der Waals surface area contributed by atoms with Gasteiger partial charge in [0.05, 0.1) is 6.54 Å². The van der Waals surface area contributed by atoms with Gasteiger partial charge in [0.1, 0.15) is 0 Å². The van der Waals surface area contributed by atoms with E-state index in [9.17, 15) is 9.59 Å². The molecule has 0 aromatic heterocycles. The summed E-state index contributed by atoms with van der Waals surface area (Å²) < 4.78 is 0. The average Bonchev–Trinajstić information content (AvgIpc) is 2.76. The molecule has 23 heavy (non-hydrogen) atoms. The molecular weight excluding hydrogens is 294 g/mol. The third-order valence-corrected chi connectivity index (χ3v) is 5.70. The van der Waals surface area contributed by atoms with Crippen LogP contribution in [-0.2, 0) is 4.79 Å². The predicted molar refractivity (Wildman–Crippen MR) is 89.3 cm³/mol. The second-order valence-corrected chi connectivity index (χ2v) is 7.71. The molecule has 0 bridgehead atoms. The Bertz CT molecular complexity index is 433. The molecule has 2 fully saturated rings. The van der Waals surface area contributed by atoms with Gasteiger partial charge in [0.15, 0.2) is 0 Å². The Kier molecular flexibility index (Phi) is 5.89. The molecule has 2 aliphatic rings. The smallest absolute Gasteiger partial charge is 0.317 e. The summed E-state index contributed by atoms with van der Waals surface area (Å²) in [6.45, 7) is 8.09. The van der Waals surface area contributed by atoms with E-state index in [2.05, 4.69) is 24.5 Å². The van der Waals surface area contributed by atoms with E-state index >= 15 is 0 Å². The maximum atomic E-state index is 12.0. The van der Waals surface area contributed by atoms with Gasteiger partial charge in [0.2, 0.25) is 0 Å². The highest BCUT2D eigenvalue weighted by molar-refractivity contribution is 5.74. The molecule has 2 amide bonds. The number of carbonyl (C=O) groups is 2. The van der Waals surface area contributed by atoms with Crippen LogP contribution in [0.3, 0.4) is 0 Å². The molecular formula is C17H31N3O3. The lowest BCUT2D eigenvalue weighted by atomic mass is 9.82. The van der Waals surface area contributed by atoms with Crippen LogP contribution < -0.4 is 10.6 Å². The molecule has 0 aliphatic heterocycles. The van der Waals surface area contributed by atoms with Gasteiger partial charge in [-0.25, -0.2) is 4.79 Å². The number of carboxylic acids is 1. The van der Waals surface area contributed by atoms with Gasteiger partial charge in [-0.05, 0) is 43.6 Å². The van der Waals surface area contributed by atoms with E-state index in [0.717, 1.165) is 25.9 Å². The van der Waals surface area contributed by atoms with Gasteiger partial charge in [-0.3, -0.25) is 9.69 Å². The first-order valence-electron chi connectivity index (χ1n) is 8.82. The maximum absolute atomic E-state index is 12.0. The van der Waals surface area contributed by atoms with Crippen molar-refractivity contribution in [1.82, 2.24) is 15.5 Å². The van der Waals surface area contributed by atoms with Crippen molar-refractivity contribution in [3.05, 3.63) is 0 Å². The molecule has 6 nitrogen and oxygen atoms in total. The zero-order valence-corrected chi connectivity index (χ0v) is 14.6. The van der Waals surface area contributed by atoms with Gasteiger partial charge in [0, 0.05) is 18.6 Å². The molecule has 0 spiro atoms. The van der Waals surface area contributed by atoms with Crippen molar-refractivity contribution in [3.63, 3.8) is 0 Å². The first kappa shape index (κ1) is 18.0. The summed E-state index contributed by atoms with van der Waals surface area (Å²) in [5.74, 6) is -0.228. The molecule has 0 radical (unpaired) electrons. The van der Waals surface area contributed by atoms with Crippen molar-refractivity contribution in [1.29, 1.82) is 0 Å². The summed E-state index contributed by atoms with van der Waals surface area (Å²) >= 11 is 0. The lowest BCUT2D eigenvalue weighted by Gasteiger charge is -2.42. The van der Waals surface area contributed by atoms with E-state index in [-0.39, 0.29) is 24.7 Å². The standard InChI is InChI=1S/C17H31N3O3/c1-4-20(11-15(21)22)14-8-13(9-14)19-16(23)18-10-12-6-5-7-17(12,2)3/h12-14H,4-11H2,1-3H3,(H,21,22)(H2,18,19,23). The summed E-state index contributed by atoms with van der Waals surface area (Å²) in [7, 11) is 0. The first-order chi connectivity index (χ1) is 10.8. The third-order valence-electron chi connectivity index (χ3n) is 5.70. The number of carbonyl (C=O) groups excluding carboxylic acids is 1. The van der Waals surface area contributed by atoms with Crippen LogP contribution in [0.5, 0.6) is 0 Å². The highest BCUT2D eigenvalue weighted by atomic mass is 16.4. The Morgan fingerprint density at radius 3 is 2.52 bits per heavy atom. The monoisotopic (exact) mass is 325 g/mol. The number of likely N-dealkylation sites (N-methyl/N-ethyl adjacent to an activating group) is 1. The molecule has 2 aliphatic carbocycles. The minimum atomic E-state index is -0.791. The molecule has 2 saturated carbocycles. The number of rotatable bonds is 7. The summed E-state index contributed by atoms with van der Waals surface area (Å²) in [5.41, 5.74) is 0.327. The number of urea groups is 1. The van der Waals surface area contributed by atoms with Crippen molar-refractivity contribution in [2.75, 3.05) is 19.6 Å². The van der Waals surface area contributed by atoms with Crippen LogP contribution in [-0.4, -0.2) is 53.7 Å². The zero-order chi connectivity index (χ0) is 17.0. The van der Waals surface area contributed by atoms with Gasteiger partial charge in [-0.2, -0.15) is 0 Å². The zero-order valence-electron chi connectivity index (χ0n) is 14.6. The van der Waals surface area contributed by atoms with E-state index in [1.807, 2.05) is 11.8 Å². The lowest BCUT2D eigenvalue weighted by molar-refractivity contribution is -0.139. The second-order valence-electron chi connectivity index (χ2n) is 7.71. The van der Waals surface area contributed by atoms with Crippen LogP contribution in [0.1, 0.15) is 52.9 Å². The van der Waals surface area contributed by atoms with Crippen molar-refractivity contribution in [2.24, 2.45) is 11.3 Å². The fraction of sp³-hybridized carbons (Fsp3) is 0.882. The number of nitrogens with zero attached hydrogens (tertiary/aromatic N) is 1. The largest absolute Gasteiger partial charge is 0.480 e. The highest BCUT2D eigenvalue weighted by Crippen LogP contribution is 2.41. The van der Waals surface area contributed by atoms with Crippen molar-refractivity contribution in [3.8, 4) is 0 Å². The Balaban J connectivity index is 1.65. The van der Waals surface area contributed by atoms with E-state index < -0.39 is 5.97 Å². The van der Waals surface area contributed by atoms with Crippen LogP contribution >= 0.6 is 0 Å².